The molecule has 10 nitrogen and oxygen atoms in total. The molecule has 1 saturated heterocycles. The van der Waals surface area contributed by atoms with Crippen molar-refractivity contribution in [3.05, 3.63) is 85.5 Å². The number of hydrogen-bond donors (Lipinski definition) is 2. The summed E-state index contributed by atoms with van der Waals surface area (Å²) in [6.07, 6.45) is 5.47. The van der Waals surface area contributed by atoms with Crippen molar-refractivity contribution in [2.75, 3.05) is 37.8 Å². The molecule has 6 rings (SSSR count). The molecule has 1 aliphatic carbocycles. The molecule has 1 fully saturated rings. The second-order valence-electron chi connectivity index (χ2n) is 11.1. The number of amides is 2. The van der Waals surface area contributed by atoms with Gasteiger partial charge < -0.3 is 15.5 Å². The minimum atomic E-state index is -1.01. The maximum absolute atomic E-state index is 15.8. The topological polar surface area (TPSA) is 112 Å². The minimum absolute atomic E-state index is 0.0275. The summed E-state index contributed by atoms with van der Waals surface area (Å²) in [7, 11) is 5.06. The van der Waals surface area contributed by atoms with Crippen LogP contribution in [0, 0.1) is 11.6 Å². The van der Waals surface area contributed by atoms with E-state index in [9.17, 15) is 18.8 Å². The van der Waals surface area contributed by atoms with Crippen LogP contribution < -0.4 is 16.2 Å². The fraction of sp³-hybridized carbons (Fsp3) is 0.323. The summed E-state index contributed by atoms with van der Waals surface area (Å²) < 4.78 is 31.6. The van der Waals surface area contributed by atoms with Crippen LogP contribution in [0.25, 0.3) is 11.3 Å². The SMILES string of the molecule is CN1CCN(C)C(c2ccc(Nc3cc(-c4ccc(F)c(NC(=O)c5cc6c(s5)CCCC6)c4F)nn(C)c3=O)nc2)C1=O. The Bertz CT molecular complexity index is 1800. The van der Waals surface area contributed by atoms with E-state index in [2.05, 4.69) is 20.7 Å². The third kappa shape index (κ3) is 5.60. The molecule has 1 aliphatic heterocycles. The quantitative estimate of drug-likeness (QED) is 0.327. The third-order valence-electron chi connectivity index (χ3n) is 8.09. The van der Waals surface area contributed by atoms with E-state index in [1.54, 1.807) is 36.3 Å². The van der Waals surface area contributed by atoms with Crippen molar-refractivity contribution in [3.8, 4) is 11.3 Å². The van der Waals surface area contributed by atoms with Crippen LogP contribution >= 0.6 is 11.3 Å². The maximum atomic E-state index is 15.8. The molecule has 1 aromatic carbocycles. The highest BCUT2D eigenvalue weighted by Crippen LogP contribution is 2.33. The number of anilines is 3. The first-order chi connectivity index (χ1) is 21.1. The molecule has 0 radical (unpaired) electrons. The van der Waals surface area contributed by atoms with E-state index in [0.717, 1.165) is 53.4 Å². The zero-order valence-corrected chi connectivity index (χ0v) is 25.3. The summed E-state index contributed by atoms with van der Waals surface area (Å²) in [5.74, 6) is -2.22. The first-order valence-corrected chi connectivity index (χ1v) is 15.1. The van der Waals surface area contributed by atoms with Crippen LogP contribution in [0.15, 0.2) is 47.4 Å². The van der Waals surface area contributed by atoms with Gasteiger partial charge in [-0.05, 0) is 74.2 Å². The van der Waals surface area contributed by atoms with Gasteiger partial charge in [0.05, 0.1) is 10.6 Å². The predicted molar refractivity (Wildman–Crippen MR) is 164 cm³/mol. The molecule has 2 N–H and O–H groups in total. The van der Waals surface area contributed by atoms with E-state index in [4.69, 9.17) is 0 Å². The maximum Gasteiger partial charge on any atom is 0.290 e. The molecule has 0 spiro atoms. The molecule has 1 unspecified atom stereocenters. The Morgan fingerprint density at radius 1 is 1.02 bits per heavy atom. The fourth-order valence-corrected chi connectivity index (χ4v) is 6.74. The van der Waals surface area contributed by atoms with Gasteiger partial charge >= 0.3 is 0 Å². The lowest BCUT2D eigenvalue weighted by molar-refractivity contribution is -0.139. The van der Waals surface area contributed by atoms with Crippen molar-refractivity contribution >= 4 is 40.3 Å². The number of rotatable bonds is 6. The second-order valence-corrected chi connectivity index (χ2v) is 12.3. The Kier molecular flexibility index (Phi) is 7.99. The highest BCUT2D eigenvalue weighted by molar-refractivity contribution is 7.14. The molecule has 2 amide bonds. The van der Waals surface area contributed by atoms with Gasteiger partial charge in [0, 0.05) is 43.8 Å². The summed E-state index contributed by atoms with van der Waals surface area (Å²) in [5.41, 5.74) is 0.739. The number of pyridine rings is 1. The Hall–Kier alpha value is -4.49. The van der Waals surface area contributed by atoms with E-state index in [1.807, 2.05) is 11.9 Å². The Labute approximate surface area is 256 Å². The van der Waals surface area contributed by atoms with Gasteiger partial charge in [-0.1, -0.05) is 6.07 Å². The van der Waals surface area contributed by atoms with Gasteiger partial charge in [0.2, 0.25) is 5.91 Å². The number of carbonyl (C=O) groups excluding carboxylic acids is 2. The lowest BCUT2D eigenvalue weighted by atomic mass is 9.99. The van der Waals surface area contributed by atoms with E-state index in [0.29, 0.717) is 22.8 Å². The highest BCUT2D eigenvalue weighted by Gasteiger charge is 2.32. The number of benzene rings is 1. The average molecular weight is 620 g/mol. The number of fused-ring (bicyclic) bond motifs is 1. The van der Waals surface area contributed by atoms with Crippen molar-refractivity contribution in [2.45, 2.75) is 31.7 Å². The van der Waals surface area contributed by atoms with Gasteiger partial charge in [0.1, 0.15) is 29.1 Å². The number of hydrogen-bond acceptors (Lipinski definition) is 8. The molecule has 4 heterocycles. The number of halogens is 2. The van der Waals surface area contributed by atoms with Crippen LogP contribution in [0.3, 0.4) is 0 Å². The number of aromatic nitrogens is 3. The number of piperazine rings is 1. The summed E-state index contributed by atoms with van der Waals surface area (Å²) in [5, 5.41) is 9.53. The molecule has 3 aromatic heterocycles. The second kappa shape index (κ2) is 11.9. The number of aryl methyl sites for hydroxylation is 3. The zero-order valence-electron chi connectivity index (χ0n) is 24.5. The Balaban J connectivity index is 1.26. The minimum Gasteiger partial charge on any atom is -0.343 e. The number of nitrogens with one attached hydrogen (secondary N) is 2. The molecule has 2 aliphatic rings. The summed E-state index contributed by atoms with van der Waals surface area (Å²) in [6, 6.07) is 8.36. The van der Waals surface area contributed by atoms with Crippen molar-refractivity contribution < 1.29 is 18.4 Å². The van der Waals surface area contributed by atoms with Gasteiger partial charge in [0.25, 0.3) is 11.5 Å². The average Bonchev–Trinajstić information content (AvgIpc) is 3.45. The standard InChI is InChI=1S/C31H31F2N7O3S/c1-38-12-13-39(2)31(43)28(38)18-8-11-25(34-16-18)35-22-15-21(37-40(3)30(22)42)19-9-10-20(32)27(26(19)33)36-29(41)24-14-17-6-4-5-7-23(17)44-24/h8-11,14-16,28H,4-7,12-13H2,1-3H3,(H,34,35)(H,36,41). The van der Waals surface area contributed by atoms with Gasteiger partial charge in [-0.3, -0.25) is 19.3 Å². The monoisotopic (exact) mass is 619 g/mol. The number of thiophene rings is 1. The van der Waals surface area contributed by atoms with Crippen LogP contribution in [-0.4, -0.2) is 63.6 Å². The summed E-state index contributed by atoms with van der Waals surface area (Å²) in [4.78, 5) is 48.2. The smallest absolute Gasteiger partial charge is 0.290 e. The molecule has 0 bridgehead atoms. The number of likely N-dealkylation sites (N-methyl/N-ethyl adjacent to an activating group) is 2. The molecule has 44 heavy (non-hydrogen) atoms. The molecule has 4 aromatic rings. The normalized spacial score (nSPS) is 17.0. The van der Waals surface area contributed by atoms with E-state index in [1.165, 1.54) is 30.5 Å². The summed E-state index contributed by atoms with van der Waals surface area (Å²) >= 11 is 1.35. The number of carbonyl (C=O) groups is 2. The van der Waals surface area contributed by atoms with Crippen LogP contribution in [-0.2, 0) is 24.7 Å². The lowest BCUT2D eigenvalue weighted by Gasteiger charge is -2.36. The highest BCUT2D eigenvalue weighted by atomic mass is 32.1. The molecule has 0 saturated carbocycles. The lowest BCUT2D eigenvalue weighted by Crippen LogP contribution is -2.49. The molecule has 228 valence electrons. The molecule has 13 heteroatoms. The van der Waals surface area contributed by atoms with Crippen LogP contribution in [0.1, 0.15) is 44.6 Å². The summed E-state index contributed by atoms with van der Waals surface area (Å²) in [6.45, 7) is 1.37. The Morgan fingerprint density at radius 3 is 2.57 bits per heavy atom. The van der Waals surface area contributed by atoms with E-state index >= 15 is 4.39 Å². The van der Waals surface area contributed by atoms with Crippen LogP contribution in [0.5, 0.6) is 0 Å². The van der Waals surface area contributed by atoms with Crippen molar-refractivity contribution in [1.82, 2.24) is 24.6 Å². The predicted octanol–water partition coefficient (Wildman–Crippen LogP) is 4.50. The Morgan fingerprint density at radius 2 is 1.82 bits per heavy atom. The first kappa shape index (κ1) is 29.6. The van der Waals surface area contributed by atoms with Crippen LogP contribution in [0.4, 0.5) is 26.0 Å². The van der Waals surface area contributed by atoms with Crippen molar-refractivity contribution in [2.24, 2.45) is 7.05 Å². The van der Waals surface area contributed by atoms with Gasteiger partial charge in [-0.2, -0.15) is 5.10 Å². The fourth-order valence-electron chi connectivity index (χ4n) is 5.59. The van der Waals surface area contributed by atoms with Gasteiger partial charge in [0.15, 0.2) is 5.82 Å². The van der Waals surface area contributed by atoms with E-state index in [-0.39, 0.29) is 22.9 Å². The van der Waals surface area contributed by atoms with Gasteiger partial charge in [-0.15, -0.1) is 11.3 Å². The molecular formula is C31H31F2N7O3S. The molecular weight excluding hydrogens is 588 g/mol. The zero-order chi connectivity index (χ0) is 31.1. The largest absolute Gasteiger partial charge is 0.343 e. The van der Waals surface area contributed by atoms with Crippen LogP contribution in [0.2, 0.25) is 0 Å². The van der Waals surface area contributed by atoms with Crippen molar-refractivity contribution in [3.63, 3.8) is 0 Å². The third-order valence-corrected chi connectivity index (χ3v) is 9.33. The first-order valence-electron chi connectivity index (χ1n) is 14.3. The molecule has 1 atom stereocenters. The van der Waals surface area contributed by atoms with Gasteiger partial charge in [-0.25, -0.2) is 18.4 Å². The van der Waals surface area contributed by atoms with E-state index < -0.39 is 34.8 Å². The number of nitrogens with zero attached hydrogens (tertiary/aromatic N) is 5. The van der Waals surface area contributed by atoms with Crippen molar-refractivity contribution in [1.29, 1.82) is 0 Å².